The second-order valence-corrected chi connectivity index (χ2v) is 12.2. The first-order chi connectivity index (χ1) is 16.7. The van der Waals surface area contributed by atoms with Crippen molar-refractivity contribution in [1.29, 1.82) is 0 Å². The molecule has 8 heteroatoms. The van der Waals surface area contributed by atoms with Crippen LogP contribution in [0.2, 0.25) is 0 Å². The summed E-state index contributed by atoms with van der Waals surface area (Å²) < 4.78 is 1.88. The number of amides is 1. The average molecular weight is 491 g/mol. The monoisotopic (exact) mass is 490 g/mol. The minimum atomic E-state index is -0.212. The molecule has 6 rings (SSSR count). The summed E-state index contributed by atoms with van der Waals surface area (Å²) in [5.41, 5.74) is 13.1. The fourth-order valence-electron chi connectivity index (χ4n) is 6.84. The minimum absolute atomic E-state index is 0.212. The lowest BCUT2D eigenvalue weighted by Crippen LogP contribution is -2.51. The lowest BCUT2D eigenvalue weighted by molar-refractivity contribution is -0.120. The van der Waals surface area contributed by atoms with Gasteiger partial charge in [-0.25, -0.2) is 9.50 Å². The van der Waals surface area contributed by atoms with Crippen LogP contribution in [0.5, 0.6) is 0 Å². The topological polar surface area (TPSA) is 92.3 Å². The van der Waals surface area contributed by atoms with Gasteiger partial charge in [0.1, 0.15) is 11.2 Å². The molecule has 4 aromatic rings. The van der Waals surface area contributed by atoms with Crippen molar-refractivity contribution in [2.24, 2.45) is 11.1 Å². The highest BCUT2D eigenvalue weighted by molar-refractivity contribution is 7.19. The molecular formula is C27H34N6OS. The molecule has 1 saturated carbocycles. The first-order valence-electron chi connectivity index (χ1n) is 12.7. The summed E-state index contributed by atoms with van der Waals surface area (Å²) in [6.45, 7) is 11.4. The zero-order valence-electron chi connectivity index (χ0n) is 21.0. The number of nitrogens with zero attached hydrogens (tertiary/aromatic N) is 4. The molecule has 1 amide bonds. The van der Waals surface area contributed by atoms with Crippen LogP contribution in [-0.2, 0) is 4.79 Å². The normalized spacial score (nSPS) is 23.1. The number of rotatable bonds is 5. The lowest BCUT2D eigenvalue weighted by Gasteiger charge is -2.53. The van der Waals surface area contributed by atoms with Gasteiger partial charge >= 0.3 is 0 Å². The molecule has 184 valence electrons. The summed E-state index contributed by atoms with van der Waals surface area (Å²) in [4.78, 5) is 24.7. The number of hydrogen-bond acceptors (Lipinski definition) is 5. The molecule has 2 aliphatic rings. The summed E-state index contributed by atoms with van der Waals surface area (Å²) in [5, 5.41) is 5.79. The van der Waals surface area contributed by atoms with Gasteiger partial charge in [0.25, 0.3) is 0 Å². The van der Waals surface area contributed by atoms with Gasteiger partial charge in [-0.3, -0.25) is 9.69 Å². The second-order valence-electron chi connectivity index (χ2n) is 11.2. The van der Waals surface area contributed by atoms with Crippen molar-refractivity contribution >= 4 is 33.1 Å². The zero-order chi connectivity index (χ0) is 24.5. The number of thiophene rings is 1. The predicted molar refractivity (Wildman–Crippen MR) is 141 cm³/mol. The molecular weight excluding hydrogens is 456 g/mol. The van der Waals surface area contributed by atoms with Gasteiger partial charge in [-0.05, 0) is 86.1 Å². The van der Waals surface area contributed by atoms with E-state index >= 15 is 0 Å². The van der Waals surface area contributed by atoms with Crippen molar-refractivity contribution in [3.05, 3.63) is 40.2 Å². The Bertz CT molecular complexity index is 1440. The third kappa shape index (κ3) is 3.69. The Balaban J connectivity index is 1.33. The standard InChI is InChI=1S/C27H34N6OS/c1-15(2)21-22-17(4)24(19-9-27(10-19)6-5-7-32(13-27)12-20(28)34)35-26(22)31-23(21)18-8-16(3)25-29-14-30-33(25)11-18/h8,11,14-15,19,31H,5-7,9-10,12-13H2,1-4H3,(H2,28,34). The number of nitrogens with two attached hydrogens (primary N) is 1. The number of primary amides is 1. The molecule has 0 radical (unpaired) electrons. The maximum Gasteiger partial charge on any atom is 0.231 e. The van der Waals surface area contributed by atoms with Crippen molar-refractivity contribution in [3.8, 4) is 11.3 Å². The number of piperidine rings is 1. The van der Waals surface area contributed by atoms with Crippen LogP contribution in [0, 0.1) is 19.3 Å². The first-order valence-corrected chi connectivity index (χ1v) is 13.5. The maximum atomic E-state index is 11.4. The van der Waals surface area contributed by atoms with Crippen LogP contribution in [0.25, 0.3) is 27.1 Å². The number of carbonyl (C=O) groups excluding carboxylic acids is 1. The van der Waals surface area contributed by atoms with E-state index in [0.717, 1.165) is 29.9 Å². The highest BCUT2D eigenvalue weighted by Crippen LogP contribution is 2.58. The number of H-pyrrole nitrogens is 1. The molecule has 0 bridgehead atoms. The molecule has 1 aliphatic carbocycles. The molecule has 1 saturated heterocycles. The molecule has 4 aromatic heterocycles. The van der Waals surface area contributed by atoms with E-state index in [1.54, 1.807) is 11.2 Å². The average Bonchev–Trinajstić information content (AvgIpc) is 3.46. The Morgan fingerprint density at radius 3 is 2.89 bits per heavy atom. The number of carbonyl (C=O) groups is 1. The van der Waals surface area contributed by atoms with E-state index in [1.807, 2.05) is 15.9 Å². The van der Waals surface area contributed by atoms with Crippen LogP contribution >= 0.6 is 11.3 Å². The Hall–Kier alpha value is -2.71. The Morgan fingerprint density at radius 1 is 1.34 bits per heavy atom. The van der Waals surface area contributed by atoms with Crippen molar-refractivity contribution in [2.75, 3.05) is 19.6 Å². The lowest BCUT2D eigenvalue weighted by atomic mass is 9.58. The van der Waals surface area contributed by atoms with E-state index in [1.165, 1.54) is 52.7 Å². The summed E-state index contributed by atoms with van der Waals surface area (Å²) in [6.07, 6.45) is 8.58. The van der Waals surface area contributed by atoms with Gasteiger partial charge in [0.05, 0.1) is 12.2 Å². The molecule has 5 heterocycles. The van der Waals surface area contributed by atoms with Crippen LogP contribution in [0.15, 0.2) is 18.6 Å². The van der Waals surface area contributed by atoms with Crippen LogP contribution < -0.4 is 5.73 Å². The third-order valence-electron chi connectivity index (χ3n) is 8.24. The van der Waals surface area contributed by atoms with Crippen LogP contribution in [-0.4, -0.2) is 50.0 Å². The van der Waals surface area contributed by atoms with Gasteiger partial charge in [-0.2, -0.15) is 5.10 Å². The molecule has 1 spiro atoms. The number of aromatic amines is 1. The van der Waals surface area contributed by atoms with E-state index in [-0.39, 0.29) is 5.91 Å². The van der Waals surface area contributed by atoms with Gasteiger partial charge in [0.15, 0.2) is 5.65 Å². The van der Waals surface area contributed by atoms with Crippen LogP contribution in [0.3, 0.4) is 0 Å². The fraction of sp³-hybridized carbons (Fsp3) is 0.519. The van der Waals surface area contributed by atoms with Crippen molar-refractivity contribution in [1.82, 2.24) is 24.5 Å². The fourth-order valence-corrected chi connectivity index (χ4v) is 8.17. The van der Waals surface area contributed by atoms with Gasteiger partial charge < -0.3 is 10.7 Å². The maximum absolute atomic E-state index is 11.4. The van der Waals surface area contributed by atoms with Crippen molar-refractivity contribution in [3.63, 3.8) is 0 Å². The largest absolute Gasteiger partial charge is 0.369 e. The number of pyridine rings is 1. The van der Waals surface area contributed by atoms with E-state index < -0.39 is 0 Å². The SMILES string of the molecule is Cc1c(C2CC3(CCCN(CC(N)=O)C3)C2)sc2[nH]c(-c3cc(C)c4ncnn4c3)c(C(C)C)c12. The van der Waals surface area contributed by atoms with E-state index in [0.29, 0.717) is 23.8 Å². The predicted octanol–water partition coefficient (Wildman–Crippen LogP) is 5.12. The molecule has 0 atom stereocenters. The summed E-state index contributed by atoms with van der Waals surface area (Å²) in [6, 6.07) is 2.22. The third-order valence-corrected chi connectivity index (χ3v) is 9.61. The van der Waals surface area contributed by atoms with Gasteiger partial charge in [-0.15, -0.1) is 11.3 Å². The first kappa shape index (κ1) is 22.7. The van der Waals surface area contributed by atoms with E-state index in [4.69, 9.17) is 5.73 Å². The summed E-state index contributed by atoms with van der Waals surface area (Å²) in [7, 11) is 0. The van der Waals surface area contributed by atoms with E-state index in [2.05, 4.69) is 59.9 Å². The highest BCUT2D eigenvalue weighted by atomic mass is 32.1. The Kier molecular flexibility index (Phi) is 5.30. The summed E-state index contributed by atoms with van der Waals surface area (Å²) >= 11 is 1.95. The molecule has 7 nitrogen and oxygen atoms in total. The molecule has 1 aliphatic heterocycles. The van der Waals surface area contributed by atoms with Gasteiger partial charge in [-0.1, -0.05) is 13.8 Å². The number of nitrogens with one attached hydrogen (secondary N) is 1. The number of hydrogen-bond donors (Lipinski definition) is 2. The summed E-state index contributed by atoms with van der Waals surface area (Å²) in [5.74, 6) is 0.808. The number of aryl methyl sites for hydroxylation is 2. The smallest absolute Gasteiger partial charge is 0.231 e. The molecule has 0 unspecified atom stereocenters. The number of aromatic nitrogens is 4. The molecule has 0 aromatic carbocycles. The Morgan fingerprint density at radius 2 is 2.14 bits per heavy atom. The number of fused-ring (bicyclic) bond motifs is 2. The molecule has 35 heavy (non-hydrogen) atoms. The van der Waals surface area contributed by atoms with Gasteiger partial charge in [0.2, 0.25) is 5.91 Å². The van der Waals surface area contributed by atoms with Crippen molar-refractivity contribution in [2.45, 2.75) is 65.2 Å². The van der Waals surface area contributed by atoms with Gasteiger partial charge in [0, 0.05) is 28.6 Å². The minimum Gasteiger partial charge on any atom is -0.369 e. The molecule has 3 N–H and O–H groups in total. The van der Waals surface area contributed by atoms with Crippen molar-refractivity contribution < 1.29 is 4.79 Å². The number of likely N-dealkylation sites (tertiary alicyclic amines) is 1. The zero-order valence-corrected chi connectivity index (χ0v) is 21.8. The van der Waals surface area contributed by atoms with Crippen LogP contribution in [0.4, 0.5) is 0 Å². The molecule has 2 fully saturated rings. The quantitative estimate of drug-likeness (QED) is 0.406. The van der Waals surface area contributed by atoms with E-state index in [9.17, 15) is 4.79 Å². The highest BCUT2D eigenvalue weighted by Gasteiger charge is 2.48. The van der Waals surface area contributed by atoms with Crippen LogP contribution in [0.1, 0.15) is 72.9 Å². The Labute approximate surface area is 209 Å². The second kappa shape index (κ2) is 8.17.